The second-order valence-electron chi connectivity index (χ2n) is 6.61. The molecule has 4 heterocycles. The summed E-state index contributed by atoms with van der Waals surface area (Å²) in [4.78, 5) is 21.8. The molecule has 7 nitrogen and oxygen atoms in total. The van der Waals surface area contributed by atoms with Crippen molar-refractivity contribution in [3.05, 3.63) is 36.2 Å². The van der Waals surface area contributed by atoms with Gasteiger partial charge in [0.1, 0.15) is 11.5 Å². The average Bonchev–Trinajstić information content (AvgIpc) is 2.91. The number of nitrogens with one attached hydrogen (secondary N) is 1. The van der Waals surface area contributed by atoms with Gasteiger partial charge in [-0.15, -0.1) is 5.10 Å². The quantitative estimate of drug-likeness (QED) is 0.762. The van der Waals surface area contributed by atoms with Crippen LogP contribution in [0.15, 0.2) is 30.5 Å². The molecule has 0 saturated carbocycles. The summed E-state index contributed by atoms with van der Waals surface area (Å²) in [5, 5.41) is 8.02. The van der Waals surface area contributed by atoms with Crippen LogP contribution in [-0.2, 0) is 10.7 Å². The monoisotopic (exact) mass is 372 g/mol. The van der Waals surface area contributed by atoms with E-state index in [4.69, 9.17) is 0 Å². The van der Waals surface area contributed by atoms with Gasteiger partial charge in [0.25, 0.3) is 5.92 Å². The highest BCUT2D eigenvalue weighted by atomic mass is 19.3. The fourth-order valence-electron chi connectivity index (χ4n) is 2.97. The molecule has 1 aliphatic heterocycles. The predicted octanol–water partition coefficient (Wildman–Crippen LogP) is 3.10. The lowest BCUT2D eigenvalue weighted by molar-refractivity contribution is -0.114. The maximum atomic E-state index is 13.7. The topological polar surface area (TPSA) is 75.9 Å². The number of hydrogen-bond donors (Lipinski definition) is 1. The van der Waals surface area contributed by atoms with E-state index in [2.05, 4.69) is 25.3 Å². The number of rotatable bonds is 4. The molecule has 0 aliphatic carbocycles. The summed E-state index contributed by atoms with van der Waals surface area (Å²) >= 11 is 0. The van der Waals surface area contributed by atoms with Crippen molar-refractivity contribution in [2.75, 3.05) is 23.3 Å². The first-order chi connectivity index (χ1) is 12.8. The zero-order valence-electron chi connectivity index (χ0n) is 14.9. The van der Waals surface area contributed by atoms with Gasteiger partial charge in [-0.2, -0.15) is 8.78 Å². The normalized spacial score (nSPS) is 14.3. The standard InChI is InChI=1S/C18H18F2N6O/c1-11(27)22-15-9-13-12(10-21-15)17(25-7-4-8-25)24-26(13)16-6-3-5-14(23-16)18(2,19)20/h3,5-6,9-10H,4,7-8H2,1-2H3,(H,21,22,27). The van der Waals surface area contributed by atoms with Crippen molar-refractivity contribution in [3.63, 3.8) is 0 Å². The van der Waals surface area contributed by atoms with Crippen LogP contribution < -0.4 is 10.2 Å². The third-order valence-electron chi connectivity index (χ3n) is 4.41. The number of alkyl halides is 2. The number of nitrogens with zero attached hydrogens (tertiary/aromatic N) is 5. The van der Waals surface area contributed by atoms with Crippen molar-refractivity contribution in [3.8, 4) is 5.82 Å². The SMILES string of the molecule is CC(=O)Nc1cc2c(cn1)c(N1CCC1)nn2-c1cccc(C(C)(F)F)n1. The first-order valence-corrected chi connectivity index (χ1v) is 8.60. The van der Waals surface area contributed by atoms with Crippen LogP contribution in [0.2, 0.25) is 0 Å². The summed E-state index contributed by atoms with van der Waals surface area (Å²) in [5.41, 5.74) is 0.310. The van der Waals surface area contributed by atoms with Crippen LogP contribution in [0, 0.1) is 0 Å². The number of anilines is 2. The summed E-state index contributed by atoms with van der Waals surface area (Å²) < 4.78 is 28.9. The van der Waals surface area contributed by atoms with Crippen molar-refractivity contribution in [2.24, 2.45) is 0 Å². The number of fused-ring (bicyclic) bond motifs is 1. The summed E-state index contributed by atoms with van der Waals surface area (Å²) in [6.45, 7) is 3.95. The number of aromatic nitrogens is 4. The van der Waals surface area contributed by atoms with Crippen molar-refractivity contribution >= 4 is 28.4 Å². The molecule has 0 aromatic carbocycles. The van der Waals surface area contributed by atoms with Crippen molar-refractivity contribution < 1.29 is 13.6 Å². The maximum Gasteiger partial charge on any atom is 0.287 e. The van der Waals surface area contributed by atoms with Crippen LogP contribution in [0.4, 0.5) is 20.4 Å². The highest BCUT2D eigenvalue weighted by molar-refractivity contribution is 5.95. The minimum Gasteiger partial charge on any atom is -0.354 e. The molecule has 1 aliphatic rings. The Morgan fingerprint density at radius 2 is 2.07 bits per heavy atom. The largest absolute Gasteiger partial charge is 0.354 e. The van der Waals surface area contributed by atoms with Gasteiger partial charge in [-0.3, -0.25) is 4.79 Å². The first kappa shape index (κ1) is 17.3. The summed E-state index contributed by atoms with van der Waals surface area (Å²) in [6, 6.07) is 6.11. The van der Waals surface area contributed by atoms with Crippen LogP contribution in [0.3, 0.4) is 0 Å². The van der Waals surface area contributed by atoms with E-state index in [1.54, 1.807) is 18.3 Å². The van der Waals surface area contributed by atoms with Crippen molar-refractivity contribution in [1.82, 2.24) is 19.7 Å². The lowest BCUT2D eigenvalue weighted by Gasteiger charge is -2.31. The molecule has 27 heavy (non-hydrogen) atoms. The molecule has 3 aromatic heterocycles. The molecule has 3 aromatic rings. The van der Waals surface area contributed by atoms with E-state index in [-0.39, 0.29) is 17.4 Å². The Balaban J connectivity index is 1.89. The van der Waals surface area contributed by atoms with Gasteiger partial charge < -0.3 is 10.2 Å². The van der Waals surface area contributed by atoms with E-state index in [1.807, 2.05) is 0 Å². The van der Waals surface area contributed by atoms with Crippen LogP contribution in [0.5, 0.6) is 0 Å². The average molecular weight is 372 g/mol. The number of amides is 1. The van der Waals surface area contributed by atoms with E-state index >= 15 is 0 Å². The summed E-state index contributed by atoms with van der Waals surface area (Å²) in [7, 11) is 0. The second-order valence-corrected chi connectivity index (χ2v) is 6.61. The van der Waals surface area contributed by atoms with E-state index in [9.17, 15) is 13.6 Å². The van der Waals surface area contributed by atoms with Crippen molar-refractivity contribution in [2.45, 2.75) is 26.2 Å². The third kappa shape index (κ3) is 3.20. The van der Waals surface area contributed by atoms with E-state index in [0.29, 0.717) is 11.3 Å². The van der Waals surface area contributed by atoms with Gasteiger partial charge in [0, 0.05) is 39.2 Å². The van der Waals surface area contributed by atoms with Gasteiger partial charge in [0.2, 0.25) is 5.91 Å². The fraction of sp³-hybridized carbons (Fsp3) is 0.333. The van der Waals surface area contributed by atoms with Crippen LogP contribution in [0.25, 0.3) is 16.7 Å². The molecule has 1 N–H and O–H groups in total. The summed E-state index contributed by atoms with van der Waals surface area (Å²) in [5.74, 6) is -1.92. The predicted molar refractivity (Wildman–Crippen MR) is 97.4 cm³/mol. The lowest BCUT2D eigenvalue weighted by atomic mass is 10.2. The van der Waals surface area contributed by atoms with Gasteiger partial charge in [0.15, 0.2) is 11.6 Å². The third-order valence-corrected chi connectivity index (χ3v) is 4.41. The fourth-order valence-corrected chi connectivity index (χ4v) is 2.97. The Morgan fingerprint density at radius 1 is 1.30 bits per heavy atom. The van der Waals surface area contributed by atoms with Crippen molar-refractivity contribution in [1.29, 1.82) is 0 Å². The molecule has 1 amide bonds. The first-order valence-electron chi connectivity index (χ1n) is 8.60. The molecule has 0 bridgehead atoms. The smallest absolute Gasteiger partial charge is 0.287 e. The second kappa shape index (κ2) is 6.26. The van der Waals surface area contributed by atoms with Crippen LogP contribution in [0.1, 0.15) is 26.0 Å². The minimum absolute atomic E-state index is 0.248. The highest BCUT2D eigenvalue weighted by Gasteiger charge is 2.27. The molecular formula is C18H18F2N6O. The lowest BCUT2D eigenvalue weighted by Crippen LogP contribution is -2.37. The van der Waals surface area contributed by atoms with Crippen LogP contribution >= 0.6 is 0 Å². The molecule has 140 valence electrons. The maximum absolute atomic E-state index is 13.7. The minimum atomic E-state index is -3.05. The van der Waals surface area contributed by atoms with Gasteiger partial charge in [-0.05, 0) is 18.6 Å². The van der Waals surface area contributed by atoms with Gasteiger partial charge >= 0.3 is 0 Å². The van der Waals surface area contributed by atoms with Gasteiger partial charge in [-0.25, -0.2) is 14.6 Å². The Bertz CT molecular complexity index is 1020. The molecule has 4 rings (SSSR count). The van der Waals surface area contributed by atoms with Gasteiger partial charge in [0.05, 0.1) is 10.9 Å². The number of hydrogen-bond acceptors (Lipinski definition) is 5. The summed E-state index contributed by atoms with van der Waals surface area (Å²) in [6.07, 6.45) is 2.71. The zero-order chi connectivity index (χ0) is 19.2. The van der Waals surface area contributed by atoms with E-state index in [1.165, 1.54) is 23.7 Å². The van der Waals surface area contributed by atoms with E-state index in [0.717, 1.165) is 37.6 Å². The van der Waals surface area contributed by atoms with Crippen LogP contribution in [-0.4, -0.2) is 38.7 Å². The Labute approximate surface area is 154 Å². The molecule has 0 atom stereocenters. The molecule has 0 radical (unpaired) electrons. The number of pyridine rings is 2. The Hall–Kier alpha value is -3.10. The Morgan fingerprint density at radius 3 is 2.70 bits per heavy atom. The molecule has 1 fully saturated rings. The molecule has 0 spiro atoms. The number of carbonyl (C=O) groups excluding carboxylic acids is 1. The molecule has 9 heteroatoms. The van der Waals surface area contributed by atoms with Gasteiger partial charge in [-0.1, -0.05) is 6.07 Å². The number of carbonyl (C=O) groups is 1. The van der Waals surface area contributed by atoms with E-state index < -0.39 is 5.92 Å². The molecule has 0 unspecified atom stereocenters. The molecular weight excluding hydrogens is 354 g/mol. The highest BCUT2D eigenvalue weighted by Crippen LogP contribution is 2.32. The zero-order valence-corrected chi connectivity index (χ0v) is 14.9. The number of halogens is 2. The molecule has 1 saturated heterocycles. The Kier molecular flexibility index (Phi) is 4.01.